The molecule has 0 aliphatic heterocycles. The van der Waals surface area contributed by atoms with Crippen molar-refractivity contribution in [2.24, 2.45) is 0 Å². The van der Waals surface area contributed by atoms with Crippen LogP contribution in [0.5, 0.6) is 0 Å². The Kier molecular flexibility index (Phi) is 3.94. The standard InChI is InChI=1S/C12H13N5O2S/c1-15-11(19)7-3-2-6(13)4-8(7)20-12-16-9(14)5-10(18)17-12/h2-5H,13H2,1H3,(H,15,19)(H3,14,16,17,18). The number of H-pyrrole nitrogens is 1. The minimum absolute atomic E-state index is 0.113. The number of nitrogens with one attached hydrogen (secondary N) is 2. The van der Waals surface area contributed by atoms with E-state index in [2.05, 4.69) is 15.3 Å². The Morgan fingerprint density at radius 3 is 2.75 bits per heavy atom. The zero-order chi connectivity index (χ0) is 14.7. The fourth-order valence-corrected chi connectivity index (χ4v) is 2.53. The molecule has 8 heteroatoms. The summed E-state index contributed by atoms with van der Waals surface area (Å²) in [5, 5.41) is 2.84. The number of nitrogen functional groups attached to an aromatic ring is 2. The molecule has 6 N–H and O–H groups in total. The van der Waals surface area contributed by atoms with Gasteiger partial charge in [-0.2, -0.15) is 0 Å². The van der Waals surface area contributed by atoms with Crippen molar-refractivity contribution in [2.45, 2.75) is 10.1 Å². The molecule has 0 unspecified atom stereocenters. The Hall–Kier alpha value is -2.48. The van der Waals surface area contributed by atoms with Crippen molar-refractivity contribution in [1.29, 1.82) is 0 Å². The first-order chi connectivity index (χ1) is 9.49. The predicted molar refractivity (Wildman–Crippen MR) is 77.6 cm³/mol. The van der Waals surface area contributed by atoms with Crippen LogP contribution < -0.4 is 22.3 Å². The number of nitrogens with zero attached hydrogens (tertiary/aromatic N) is 1. The van der Waals surface area contributed by atoms with Crippen LogP contribution in [0.3, 0.4) is 0 Å². The molecule has 0 radical (unpaired) electrons. The molecule has 1 aromatic carbocycles. The van der Waals surface area contributed by atoms with Gasteiger partial charge in [0, 0.05) is 23.7 Å². The van der Waals surface area contributed by atoms with Crippen LogP contribution in [0.2, 0.25) is 0 Å². The number of amides is 1. The number of nitrogens with two attached hydrogens (primary N) is 2. The number of rotatable bonds is 3. The average Bonchev–Trinajstić information content (AvgIpc) is 2.37. The minimum atomic E-state index is -0.356. The van der Waals surface area contributed by atoms with Gasteiger partial charge in [-0.05, 0) is 18.2 Å². The summed E-state index contributed by atoms with van der Waals surface area (Å²) in [4.78, 5) is 30.3. The molecule has 0 bridgehead atoms. The molecule has 1 amide bonds. The largest absolute Gasteiger partial charge is 0.399 e. The second-order valence-electron chi connectivity index (χ2n) is 3.91. The van der Waals surface area contributed by atoms with E-state index in [1.807, 2.05) is 0 Å². The third kappa shape index (κ3) is 3.09. The first-order valence-corrected chi connectivity index (χ1v) is 6.47. The van der Waals surface area contributed by atoms with Crippen molar-refractivity contribution in [3.8, 4) is 0 Å². The van der Waals surface area contributed by atoms with Gasteiger partial charge in [-0.15, -0.1) is 0 Å². The molecule has 7 nitrogen and oxygen atoms in total. The molecule has 0 saturated carbocycles. The molecule has 0 aliphatic carbocycles. The molecule has 0 spiro atoms. The molecule has 104 valence electrons. The quantitative estimate of drug-likeness (QED) is 0.480. The van der Waals surface area contributed by atoms with Gasteiger partial charge in [-0.3, -0.25) is 9.59 Å². The van der Waals surface area contributed by atoms with E-state index in [-0.39, 0.29) is 17.3 Å². The van der Waals surface area contributed by atoms with Crippen molar-refractivity contribution in [1.82, 2.24) is 15.3 Å². The van der Waals surface area contributed by atoms with Crippen LogP contribution in [-0.4, -0.2) is 22.9 Å². The molecule has 0 aliphatic rings. The number of carbonyl (C=O) groups is 1. The van der Waals surface area contributed by atoms with Crippen LogP contribution in [0, 0.1) is 0 Å². The number of aromatic nitrogens is 2. The van der Waals surface area contributed by atoms with Gasteiger partial charge in [0.25, 0.3) is 11.5 Å². The summed E-state index contributed by atoms with van der Waals surface area (Å²) in [5.41, 5.74) is 11.8. The van der Waals surface area contributed by atoms with E-state index in [1.54, 1.807) is 18.2 Å². The second kappa shape index (κ2) is 5.66. The summed E-state index contributed by atoms with van der Waals surface area (Å²) in [6, 6.07) is 6.06. The van der Waals surface area contributed by atoms with Gasteiger partial charge in [0.1, 0.15) is 5.82 Å². The van der Waals surface area contributed by atoms with E-state index in [1.165, 1.54) is 13.1 Å². The first kappa shape index (κ1) is 13.9. The Morgan fingerprint density at radius 2 is 2.10 bits per heavy atom. The van der Waals surface area contributed by atoms with Crippen molar-refractivity contribution in [3.05, 3.63) is 40.2 Å². The highest BCUT2D eigenvalue weighted by Gasteiger charge is 2.13. The smallest absolute Gasteiger partial charge is 0.253 e. The van der Waals surface area contributed by atoms with Crippen LogP contribution in [-0.2, 0) is 0 Å². The van der Waals surface area contributed by atoms with Gasteiger partial charge in [0.05, 0.1) is 5.56 Å². The third-order valence-electron chi connectivity index (χ3n) is 2.42. The normalized spacial score (nSPS) is 10.2. The Labute approximate surface area is 118 Å². The van der Waals surface area contributed by atoms with Crippen LogP contribution in [0.1, 0.15) is 10.4 Å². The maximum absolute atomic E-state index is 11.8. The van der Waals surface area contributed by atoms with E-state index in [9.17, 15) is 9.59 Å². The molecule has 2 aromatic rings. The Bertz CT molecular complexity index is 713. The highest BCUT2D eigenvalue weighted by Crippen LogP contribution is 2.29. The molecule has 2 rings (SSSR count). The van der Waals surface area contributed by atoms with Crippen molar-refractivity contribution in [3.63, 3.8) is 0 Å². The Balaban J connectivity index is 2.44. The van der Waals surface area contributed by atoms with Crippen LogP contribution >= 0.6 is 11.8 Å². The summed E-state index contributed by atoms with van der Waals surface area (Å²) < 4.78 is 0. The minimum Gasteiger partial charge on any atom is -0.399 e. The van der Waals surface area contributed by atoms with Crippen molar-refractivity contribution < 1.29 is 4.79 Å². The van der Waals surface area contributed by atoms with E-state index < -0.39 is 0 Å². The van der Waals surface area contributed by atoms with Crippen LogP contribution in [0.4, 0.5) is 11.5 Å². The SMILES string of the molecule is CNC(=O)c1ccc(N)cc1Sc1nc(N)cc(=O)[nH]1. The highest BCUT2D eigenvalue weighted by molar-refractivity contribution is 7.99. The fraction of sp³-hybridized carbons (Fsp3) is 0.0833. The molecular formula is C12H13N5O2S. The van der Waals surface area contributed by atoms with E-state index in [4.69, 9.17) is 11.5 Å². The summed E-state index contributed by atoms with van der Waals surface area (Å²) in [6.45, 7) is 0. The lowest BCUT2D eigenvalue weighted by molar-refractivity contribution is 0.0960. The lowest BCUT2D eigenvalue weighted by Gasteiger charge is -2.08. The monoisotopic (exact) mass is 291 g/mol. The highest BCUT2D eigenvalue weighted by atomic mass is 32.2. The summed E-state index contributed by atoms with van der Waals surface area (Å²) in [5.74, 6) is -0.139. The van der Waals surface area contributed by atoms with Gasteiger partial charge < -0.3 is 21.8 Å². The predicted octanol–water partition coefficient (Wildman–Crippen LogP) is 0.445. The number of anilines is 2. The lowest BCUT2D eigenvalue weighted by atomic mass is 10.2. The maximum Gasteiger partial charge on any atom is 0.253 e. The summed E-state index contributed by atoms with van der Waals surface area (Å²) >= 11 is 1.11. The molecule has 0 atom stereocenters. The van der Waals surface area contributed by atoms with Crippen LogP contribution in [0.25, 0.3) is 0 Å². The van der Waals surface area contributed by atoms with Gasteiger partial charge in [-0.1, -0.05) is 11.8 Å². The third-order valence-corrected chi connectivity index (χ3v) is 3.37. The Morgan fingerprint density at radius 1 is 1.35 bits per heavy atom. The molecule has 0 fully saturated rings. The van der Waals surface area contributed by atoms with E-state index in [0.717, 1.165) is 11.8 Å². The topological polar surface area (TPSA) is 127 Å². The zero-order valence-corrected chi connectivity index (χ0v) is 11.5. The van der Waals surface area contributed by atoms with Crippen molar-refractivity contribution in [2.75, 3.05) is 18.5 Å². The number of aromatic amines is 1. The van der Waals surface area contributed by atoms with E-state index in [0.29, 0.717) is 21.3 Å². The molecule has 20 heavy (non-hydrogen) atoms. The zero-order valence-electron chi connectivity index (χ0n) is 10.6. The average molecular weight is 291 g/mol. The van der Waals surface area contributed by atoms with Gasteiger partial charge in [0.15, 0.2) is 5.16 Å². The molecule has 1 aromatic heterocycles. The number of hydrogen-bond donors (Lipinski definition) is 4. The van der Waals surface area contributed by atoms with E-state index >= 15 is 0 Å². The lowest BCUT2D eigenvalue weighted by Crippen LogP contribution is -2.18. The molecular weight excluding hydrogens is 278 g/mol. The van der Waals surface area contributed by atoms with Gasteiger partial charge in [0.2, 0.25) is 0 Å². The number of hydrogen-bond acceptors (Lipinski definition) is 6. The van der Waals surface area contributed by atoms with Crippen molar-refractivity contribution >= 4 is 29.2 Å². The summed E-state index contributed by atoms with van der Waals surface area (Å²) in [7, 11) is 1.54. The first-order valence-electron chi connectivity index (χ1n) is 5.66. The van der Waals surface area contributed by atoms with Gasteiger partial charge >= 0.3 is 0 Å². The summed E-state index contributed by atoms with van der Waals surface area (Å²) in [6.07, 6.45) is 0. The fourth-order valence-electron chi connectivity index (χ4n) is 1.55. The number of benzene rings is 1. The number of carbonyl (C=O) groups excluding carboxylic acids is 1. The molecule has 1 heterocycles. The van der Waals surface area contributed by atoms with Gasteiger partial charge in [-0.25, -0.2) is 4.98 Å². The molecule has 0 saturated heterocycles. The second-order valence-corrected chi connectivity index (χ2v) is 4.94. The maximum atomic E-state index is 11.8. The van der Waals surface area contributed by atoms with Crippen LogP contribution in [0.15, 0.2) is 39.1 Å².